The number of nitrogens with zero attached hydrogens (tertiary/aromatic N) is 1. The van der Waals surface area contributed by atoms with E-state index in [0.717, 1.165) is 12.0 Å². The van der Waals surface area contributed by atoms with E-state index in [1.54, 1.807) is 6.20 Å². The van der Waals surface area contributed by atoms with Crippen LogP contribution in [0.1, 0.15) is 20.3 Å². The third-order valence-corrected chi connectivity index (χ3v) is 0.843. The summed E-state index contributed by atoms with van der Waals surface area (Å²) in [4.78, 5) is 3.09. The molecule has 0 fully saturated rings. The molecule has 0 aliphatic rings. The summed E-state index contributed by atoms with van der Waals surface area (Å²) in [5, 5.41) is 0. The van der Waals surface area contributed by atoms with Crippen LogP contribution in [0.15, 0.2) is 11.8 Å². The maximum atomic E-state index is 6.38. The smallest absolute Gasteiger partial charge is 0.153 e. The lowest BCUT2D eigenvalue weighted by molar-refractivity contribution is 1.10. The lowest BCUT2D eigenvalue weighted by atomic mass is 10.3. The van der Waals surface area contributed by atoms with Crippen LogP contribution in [0.5, 0.6) is 0 Å². The second kappa shape index (κ2) is 3.42. The summed E-state index contributed by atoms with van der Waals surface area (Å²) >= 11 is 0. The topological polar surface area (TPSA) is 4.36 Å². The number of hydrogen-bond donors (Lipinski definition) is 0. The second-order valence-electron chi connectivity index (χ2n) is 1.46. The molecule has 0 N–H and O–H groups in total. The summed E-state index contributed by atoms with van der Waals surface area (Å²) in [6.45, 7) is 10.4. The average molecular weight is 95.1 g/mol. The molecule has 7 heavy (non-hydrogen) atoms. The van der Waals surface area contributed by atoms with Crippen molar-refractivity contribution in [2.45, 2.75) is 20.3 Å². The minimum absolute atomic E-state index is 0.988. The lowest BCUT2D eigenvalue weighted by Crippen LogP contribution is -1.64. The van der Waals surface area contributed by atoms with Gasteiger partial charge in [0.15, 0.2) is 6.20 Å². The van der Waals surface area contributed by atoms with E-state index in [1.807, 2.05) is 13.8 Å². The Bertz CT molecular complexity index is 106. The molecule has 0 aromatic carbocycles. The molecule has 38 valence electrons. The number of hydrogen-bond acceptors (Lipinski definition) is 0. The molecule has 0 saturated heterocycles. The van der Waals surface area contributed by atoms with Crippen molar-refractivity contribution in [2.75, 3.05) is 0 Å². The minimum Gasteiger partial charge on any atom is -0.246 e. The Morgan fingerprint density at radius 2 is 2.43 bits per heavy atom. The summed E-state index contributed by atoms with van der Waals surface area (Å²) < 4.78 is 0. The molecule has 0 aliphatic heterocycles. The van der Waals surface area contributed by atoms with Crippen LogP contribution < -0.4 is 0 Å². The summed E-state index contributed by atoms with van der Waals surface area (Å²) in [5.41, 5.74) is 1.15. The first-order valence-electron chi connectivity index (χ1n) is 2.33. The van der Waals surface area contributed by atoms with Gasteiger partial charge in [-0.3, -0.25) is 0 Å². The maximum Gasteiger partial charge on any atom is 0.153 e. The van der Waals surface area contributed by atoms with Gasteiger partial charge in [0, 0.05) is 0 Å². The van der Waals surface area contributed by atoms with Crippen molar-refractivity contribution in [1.82, 2.24) is 0 Å². The molecule has 1 heteroatoms. The van der Waals surface area contributed by atoms with E-state index < -0.39 is 0 Å². The minimum atomic E-state index is 0.988. The van der Waals surface area contributed by atoms with Gasteiger partial charge in [-0.05, 0) is 6.42 Å². The molecular formula is C6H9N. The van der Waals surface area contributed by atoms with Crippen molar-refractivity contribution in [2.24, 2.45) is 0 Å². The monoisotopic (exact) mass is 95.1 g/mol. The first-order valence-corrected chi connectivity index (χ1v) is 2.33. The Labute approximate surface area is 44.5 Å². The van der Waals surface area contributed by atoms with Gasteiger partial charge in [-0.2, -0.15) is 0 Å². The average Bonchev–Trinajstić information content (AvgIpc) is 1.68. The highest BCUT2D eigenvalue weighted by Crippen LogP contribution is 1.95. The van der Waals surface area contributed by atoms with Gasteiger partial charge in [-0.1, -0.05) is 19.4 Å². The molecule has 0 aliphatic carbocycles. The standard InChI is InChI=1S/C6H9N/c1-4-6(2)5-7-3/h5H,4H2,1-2H3/b6-5-. The van der Waals surface area contributed by atoms with Crippen LogP contribution in [0.3, 0.4) is 0 Å². The van der Waals surface area contributed by atoms with Gasteiger partial charge in [0.25, 0.3) is 0 Å². The summed E-state index contributed by atoms with van der Waals surface area (Å²) in [5.74, 6) is 0. The van der Waals surface area contributed by atoms with Crippen molar-refractivity contribution in [1.29, 1.82) is 0 Å². The van der Waals surface area contributed by atoms with Crippen molar-refractivity contribution in [3.63, 3.8) is 0 Å². The number of rotatable bonds is 1. The van der Waals surface area contributed by atoms with E-state index in [1.165, 1.54) is 0 Å². The van der Waals surface area contributed by atoms with Crippen LogP contribution in [0.25, 0.3) is 4.85 Å². The Morgan fingerprint density at radius 3 is 2.57 bits per heavy atom. The Kier molecular flexibility index (Phi) is 3.04. The fraction of sp³-hybridized carbons (Fsp3) is 0.500. The lowest BCUT2D eigenvalue weighted by Gasteiger charge is -1.84. The van der Waals surface area contributed by atoms with E-state index >= 15 is 0 Å². The normalized spacial score (nSPS) is 10.7. The fourth-order valence-electron chi connectivity index (χ4n) is 0.201. The van der Waals surface area contributed by atoms with Crippen LogP contribution in [-0.2, 0) is 0 Å². The van der Waals surface area contributed by atoms with Gasteiger partial charge in [-0.15, -0.1) is 0 Å². The predicted molar refractivity (Wildman–Crippen MR) is 30.6 cm³/mol. The number of allylic oxidation sites excluding steroid dienone is 1. The highest BCUT2D eigenvalue weighted by atomic mass is 14.6. The van der Waals surface area contributed by atoms with Crippen LogP contribution in [0, 0.1) is 6.57 Å². The van der Waals surface area contributed by atoms with E-state index in [4.69, 9.17) is 6.57 Å². The molecule has 0 saturated carbocycles. The Morgan fingerprint density at radius 1 is 1.86 bits per heavy atom. The summed E-state index contributed by atoms with van der Waals surface area (Å²) in [6, 6.07) is 0. The zero-order chi connectivity index (χ0) is 5.70. The fourth-order valence-corrected chi connectivity index (χ4v) is 0.201. The molecule has 0 rings (SSSR count). The molecular weight excluding hydrogens is 86.1 g/mol. The summed E-state index contributed by atoms with van der Waals surface area (Å²) in [7, 11) is 0. The molecule has 0 radical (unpaired) electrons. The zero-order valence-electron chi connectivity index (χ0n) is 4.73. The molecule has 0 amide bonds. The molecule has 0 aromatic heterocycles. The Balaban J connectivity index is 3.56. The third-order valence-electron chi connectivity index (χ3n) is 0.843. The van der Waals surface area contributed by atoms with E-state index in [0.29, 0.717) is 0 Å². The van der Waals surface area contributed by atoms with Crippen LogP contribution in [0.2, 0.25) is 0 Å². The van der Waals surface area contributed by atoms with E-state index in [-0.39, 0.29) is 0 Å². The van der Waals surface area contributed by atoms with Gasteiger partial charge in [0.05, 0.1) is 6.57 Å². The van der Waals surface area contributed by atoms with Crippen molar-refractivity contribution >= 4 is 0 Å². The van der Waals surface area contributed by atoms with Crippen LogP contribution in [-0.4, -0.2) is 0 Å². The van der Waals surface area contributed by atoms with Gasteiger partial charge >= 0.3 is 0 Å². The first-order chi connectivity index (χ1) is 3.31. The van der Waals surface area contributed by atoms with Gasteiger partial charge in [0.2, 0.25) is 0 Å². The maximum absolute atomic E-state index is 6.38. The molecule has 0 bridgehead atoms. The SMILES string of the molecule is [C-]#[N+]/C=C(/C)CC. The molecule has 0 unspecified atom stereocenters. The largest absolute Gasteiger partial charge is 0.246 e. The zero-order valence-corrected chi connectivity index (χ0v) is 4.73. The third kappa shape index (κ3) is 3.05. The van der Waals surface area contributed by atoms with Crippen LogP contribution in [0.4, 0.5) is 0 Å². The molecule has 1 nitrogen and oxygen atoms in total. The molecule has 0 aromatic rings. The van der Waals surface area contributed by atoms with Crippen molar-refractivity contribution in [3.05, 3.63) is 23.2 Å². The van der Waals surface area contributed by atoms with Gasteiger partial charge in [-0.25, -0.2) is 4.85 Å². The second-order valence-corrected chi connectivity index (χ2v) is 1.46. The van der Waals surface area contributed by atoms with E-state index in [9.17, 15) is 0 Å². The van der Waals surface area contributed by atoms with Gasteiger partial charge in [0.1, 0.15) is 0 Å². The van der Waals surface area contributed by atoms with Crippen LogP contribution >= 0.6 is 0 Å². The molecule has 0 spiro atoms. The first kappa shape index (κ1) is 6.23. The highest BCUT2D eigenvalue weighted by Gasteiger charge is 1.76. The van der Waals surface area contributed by atoms with Crippen molar-refractivity contribution < 1.29 is 0 Å². The summed E-state index contributed by atoms with van der Waals surface area (Å²) in [6.07, 6.45) is 2.54. The predicted octanol–water partition coefficient (Wildman–Crippen LogP) is 2.22. The molecule has 0 atom stereocenters. The quantitative estimate of drug-likeness (QED) is 0.440. The Hall–Kier alpha value is -0.770. The van der Waals surface area contributed by atoms with Gasteiger partial charge < -0.3 is 0 Å². The van der Waals surface area contributed by atoms with E-state index in [2.05, 4.69) is 4.85 Å². The highest BCUT2D eigenvalue weighted by molar-refractivity contribution is 5.01. The molecule has 0 heterocycles. The van der Waals surface area contributed by atoms with Crippen molar-refractivity contribution in [3.8, 4) is 0 Å².